The van der Waals surface area contributed by atoms with E-state index in [1.54, 1.807) is 19.1 Å². The highest BCUT2D eigenvalue weighted by atomic mass is 35.5. The first-order valence-electron chi connectivity index (χ1n) is 12.0. The van der Waals surface area contributed by atoms with Gasteiger partial charge in [-0.3, -0.25) is 14.4 Å². The van der Waals surface area contributed by atoms with Crippen molar-refractivity contribution in [1.29, 1.82) is 0 Å². The number of amides is 2. The Kier molecular flexibility index (Phi) is 11.4. The average Bonchev–Trinajstić information content (AvgIpc) is 2.92. The first kappa shape index (κ1) is 32.6. The lowest BCUT2D eigenvalue weighted by Crippen LogP contribution is -2.35. The van der Waals surface area contributed by atoms with Crippen LogP contribution in [0.15, 0.2) is 69.3 Å². The Labute approximate surface area is 255 Å². The fraction of sp³-hybridized carbons (Fsp3) is 0.222. The monoisotopic (exact) mass is 656 g/mol. The number of phenolic OH excluding ortho intramolecular Hbond substituents is 1. The van der Waals surface area contributed by atoms with Gasteiger partial charge in [0.05, 0.1) is 32.7 Å². The van der Waals surface area contributed by atoms with Crippen molar-refractivity contribution in [2.24, 2.45) is 0 Å². The summed E-state index contributed by atoms with van der Waals surface area (Å²) in [6, 6.07) is 13.0. The number of thioether (sulfide) groups is 2. The van der Waals surface area contributed by atoms with Crippen LogP contribution in [0, 0.1) is 0 Å². The third-order valence-electron chi connectivity index (χ3n) is 5.79. The van der Waals surface area contributed by atoms with E-state index < -0.39 is 38.6 Å². The van der Waals surface area contributed by atoms with Gasteiger partial charge in [-0.25, -0.2) is 8.42 Å². The molecule has 1 unspecified atom stereocenters. The second kappa shape index (κ2) is 14.3. The standard InChI is InChI=1S/C27H26Cl2N2O7S3/c1-3-24(41(37,38)17-7-5-16(39-2)6-8-17)27(36)31-21-13-22(32)20(14-23(21)40-11-10-25(33)34)30-26(35)15-4-9-18(28)19(29)12-15/h4-9,12-14,24,32H,3,10-11H2,1-2H3,(H,30,35)(H,31,36)(H,33,34). The minimum Gasteiger partial charge on any atom is -0.506 e. The Morgan fingerprint density at radius 2 is 1.63 bits per heavy atom. The number of halogens is 2. The number of carbonyl (C=O) groups is 3. The number of hydrogen-bond acceptors (Lipinski definition) is 8. The number of carboxylic acids is 1. The number of rotatable bonds is 12. The molecule has 218 valence electrons. The number of nitrogens with one attached hydrogen (secondary N) is 2. The molecular formula is C27H26Cl2N2O7S3. The van der Waals surface area contributed by atoms with Gasteiger partial charge in [0.1, 0.15) is 11.0 Å². The number of carbonyl (C=O) groups excluding carboxylic acids is 2. The largest absolute Gasteiger partial charge is 0.506 e. The fourth-order valence-corrected chi connectivity index (χ4v) is 6.95. The number of benzene rings is 3. The molecule has 1 atom stereocenters. The quantitative estimate of drug-likeness (QED) is 0.128. The Morgan fingerprint density at radius 3 is 2.22 bits per heavy atom. The summed E-state index contributed by atoms with van der Waals surface area (Å²) in [6.45, 7) is 1.57. The van der Waals surface area contributed by atoms with Gasteiger partial charge in [-0.05, 0) is 61.2 Å². The molecule has 0 saturated carbocycles. The lowest BCUT2D eigenvalue weighted by atomic mass is 10.2. The second-order valence-corrected chi connectivity index (χ2v) is 13.5. The number of carboxylic acid groups (broad SMARTS) is 1. The zero-order valence-corrected chi connectivity index (χ0v) is 25.8. The van der Waals surface area contributed by atoms with Crippen LogP contribution in [0.25, 0.3) is 0 Å². The third kappa shape index (κ3) is 8.32. The molecule has 0 aliphatic heterocycles. The van der Waals surface area contributed by atoms with Crippen LogP contribution in [0.2, 0.25) is 10.0 Å². The number of phenols is 1. The van der Waals surface area contributed by atoms with Gasteiger partial charge in [0.2, 0.25) is 5.91 Å². The number of hydrogen-bond donors (Lipinski definition) is 4. The van der Waals surface area contributed by atoms with Crippen molar-refractivity contribution < 1.29 is 33.0 Å². The SMILES string of the molecule is CCC(C(=O)Nc1cc(O)c(NC(=O)c2ccc(Cl)c(Cl)c2)cc1SCCC(=O)O)S(=O)(=O)c1ccc(SC)cc1. The van der Waals surface area contributed by atoms with Gasteiger partial charge >= 0.3 is 5.97 Å². The summed E-state index contributed by atoms with van der Waals surface area (Å²) in [5, 5.41) is 23.8. The van der Waals surface area contributed by atoms with Gasteiger partial charge in [0, 0.05) is 27.2 Å². The lowest BCUT2D eigenvalue weighted by Gasteiger charge is -2.19. The van der Waals surface area contributed by atoms with Crippen molar-refractivity contribution in [2.75, 3.05) is 22.6 Å². The van der Waals surface area contributed by atoms with Gasteiger partial charge in [-0.15, -0.1) is 23.5 Å². The second-order valence-electron chi connectivity index (χ2n) is 8.55. The molecule has 4 N–H and O–H groups in total. The van der Waals surface area contributed by atoms with Crippen LogP contribution < -0.4 is 10.6 Å². The topological polar surface area (TPSA) is 150 Å². The van der Waals surface area contributed by atoms with Crippen molar-refractivity contribution in [3.8, 4) is 5.75 Å². The highest BCUT2D eigenvalue weighted by Gasteiger charge is 2.33. The van der Waals surface area contributed by atoms with Crippen LogP contribution in [0.3, 0.4) is 0 Å². The predicted octanol–water partition coefficient (Wildman–Crippen LogP) is 6.43. The molecule has 3 rings (SSSR count). The van der Waals surface area contributed by atoms with E-state index in [2.05, 4.69) is 10.6 Å². The van der Waals surface area contributed by atoms with Crippen LogP contribution >= 0.6 is 46.7 Å². The summed E-state index contributed by atoms with van der Waals surface area (Å²) in [5.41, 5.74) is 0.199. The van der Waals surface area contributed by atoms with E-state index in [4.69, 9.17) is 28.3 Å². The van der Waals surface area contributed by atoms with Crippen LogP contribution in [0.4, 0.5) is 11.4 Å². The predicted molar refractivity (Wildman–Crippen MR) is 164 cm³/mol. The molecule has 0 aromatic heterocycles. The van der Waals surface area contributed by atoms with Crippen LogP contribution in [0.1, 0.15) is 30.1 Å². The summed E-state index contributed by atoms with van der Waals surface area (Å²) in [4.78, 5) is 38.3. The van der Waals surface area contributed by atoms with Crippen LogP contribution in [0.5, 0.6) is 5.75 Å². The number of sulfone groups is 1. The highest BCUT2D eigenvalue weighted by molar-refractivity contribution is 7.99. The average molecular weight is 658 g/mol. The lowest BCUT2D eigenvalue weighted by molar-refractivity contribution is -0.136. The molecule has 0 fully saturated rings. The molecule has 3 aromatic carbocycles. The Morgan fingerprint density at radius 1 is 0.951 bits per heavy atom. The number of anilines is 2. The van der Waals surface area contributed by atoms with E-state index >= 15 is 0 Å². The summed E-state index contributed by atoms with van der Waals surface area (Å²) in [5.74, 6) is -2.80. The Balaban J connectivity index is 1.91. The molecule has 0 bridgehead atoms. The molecule has 0 aliphatic rings. The van der Waals surface area contributed by atoms with Crippen LogP contribution in [-0.2, 0) is 19.4 Å². The van der Waals surface area contributed by atoms with Crippen molar-refractivity contribution >= 4 is 85.7 Å². The van der Waals surface area contributed by atoms with E-state index in [1.807, 2.05) is 6.26 Å². The minimum atomic E-state index is -4.05. The molecule has 0 heterocycles. The summed E-state index contributed by atoms with van der Waals surface area (Å²) in [7, 11) is -4.05. The van der Waals surface area contributed by atoms with E-state index in [-0.39, 0.29) is 50.5 Å². The normalized spacial score (nSPS) is 12.0. The Bertz CT molecular complexity index is 1570. The summed E-state index contributed by atoms with van der Waals surface area (Å²) >= 11 is 14.4. The molecule has 14 heteroatoms. The molecule has 0 saturated heterocycles. The molecule has 0 radical (unpaired) electrons. The number of aliphatic carboxylic acids is 1. The molecule has 0 spiro atoms. The summed E-state index contributed by atoms with van der Waals surface area (Å²) in [6.07, 6.45) is 1.63. The molecule has 2 amide bonds. The van der Waals surface area contributed by atoms with Gasteiger partial charge in [0.15, 0.2) is 9.84 Å². The zero-order valence-electron chi connectivity index (χ0n) is 21.8. The fourth-order valence-electron chi connectivity index (χ4n) is 3.65. The number of aromatic hydroxyl groups is 1. The van der Waals surface area contributed by atoms with E-state index in [0.29, 0.717) is 4.90 Å². The van der Waals surface area contributed by atoms with Crippen molar-refractivity contribution in [2.45, 2.75) is 39.7 Å². The third-order valence-corrected chi connectivity index (χ3v) is 10.6. The highest BCUT2D eigenvalue weighted by Crippen LogP contribution is 2.38. The van der Waals surface area contributed by atoms with E-state index in [0.717, 1.165) is 22.7 Å². The van der Waals surface area contributed by atoms with E-state index in [1.165, 1.54) is 48.2 Å². The summed E-state index contributed by atoms with van der Waals surface area (Å²) < 4.78 is 26.6. The first-order valence-corrected chi connectivity index (χ1v) is 16.6. The van der Waals surface area contributed by atoms with E-state index in [9.17, 15) is 27.9 Å². The molecule has 9 nitrogen and oxygen atoms in total. The van der Waals surface area contributed by atoms with Crippen molar-refractivity contribution in [3.63, 3.8) is 0 Å². The zero-order chi connectivity index (χ0) is 30.3. The molecule has 3 aromatic rings. The molecular weight excluding hydrogens is 631 g/mol. The molecule has 41 heavy (non-hydrogen) atoms. The van der Waals surface area contributed by atoms with Gasteiger partial charge < -0.3 is 20.8 Å². The van der Waals surface area contributed by atoms with Gasteiger partial charge in [0.25, 0.3) is 5.91 Å². The van der Waals surface area contributed by atoms with Gasteiger partial charge in [-0.2, -0.15) is 0 Å². The maximum atomic E-state index is 13.3. The first-order chi connectivity index (χ1) is 19.4. The van der Waals surface area contributed by atoms with Crippen molar-refractivity contribution in [1.82, 2.24) is 0 Å². The van der Waals surface area contributed by atoms with Crippen LogP contribution in [-0.4, -0.2) is 53.7 Å². The maximum absolute atomic E-state index is 13.3. The van der Waals surface area contributed by atoms with Gasteiger partial charge in [-0.1, -0.05) is 30.1 Å². The molecule has 0 aliphatic carbocycles. The van der Waals surface area contributed by atoms with Crippen molar-refractivity contribution in [3.05, 3.63) is 70.2 Å². The Hall–Kier alpha value is -2.90. The minimum absolute atomic E-state index is 0.00318. The maximum Gasteiger partial charge on any atom is 0.304 e. The smallest absolute Gasteiger partial charge is 0.304 e.